The fraction of sp³-hybridized carbons (Fsp3) is 0.190. The van der Waals surface area contributed by atoms with Crippen LogP contribution < -0.4 is 10.2 Å². The van der Waals surface area contributed by atoms with E-state index in [1.54, 1.807) is 34.5 Å². The molecule has 30 heavy (non-hydrogen) atoms. The normalized spacial score (nSPS) is 13.9. The fourth-order valence-corrected chi connectivity index (χ4v) is 4.19. The molecule has 3 aromatic rings. The Hall–Kier alpha value is -2.61. The number of thiazole rings is 1. The molecule has 9 heteroatoms. The van der Waals surface area contributed by atoms with Crippen LogP contribution in [0.1, 0.15) is 20.8 Å². The van der Waals surface area contributed by atoms with Crippen molar-refractivity contribution >= 4 is 57.2 Å². The molecule has 0 bridgehead atoms. The lowest BCUT2D eigenvalue weighted by Gasteiger charge is -2.35. The van der Waals surface area contributed by atoms with Gasteiger partial charge in [-0.1, -0.05) is 29.3 Å². The van der Waals surface area contributed by atoms with Crippen LogP contribution in [-0.4, -0.2) is 47.9 Å². The van der Waals surface area contributed by atoms with E-state index in [2.05, 4.69) is 15.2 Å². The van der Waals surface area contributed by atoms with Crippen molar-refractivity contribution in [1.82, 2.24) is 9.88 Å². The fourth-order valence-electron chi connectivity index (χ4n) is 3.20. The maximum atomic E-state index is 12.8. The molecule has 1 aliphatic heterocycles. The molecule has 1 aliphatic rings. The van der Waals surface area contributed by atoms with Crippen molar-refractivity contribution in [2.45, 2.75) is 0 Å². The molecule has 0 unspecified atom stereocenters. The summed E-state index contributed by atoms with van der Waals surface area (Å²) in [5.74, 6) is -0.431. The molecule has 0 saturated carbocycles. The van der Waals surface area contributed by atoms with Crippen LogP contribution in [-0.2, 0) is 0 Å². The molecule has 0 aliphatic carbocycles. The third-order valence-corrected chi connectivity index (χ3v) is 6.04. The number of anilines is 2. The van der Waals surface area contributed by atoms with Gasteiger partial charge in [0.15, 0.2) is 5.13 Å². The topological polar surface area (TPSA) is 65.5 Å². The van der Waals surface area contributed by atoms with Crippen molar-refractivity contribution in [1.29, 1.82) is 0 Å². The van der Waals surface area contributed by atoms with E-state index in [0.717, 1.165) is 18.8 Å². The highest BCUT2D eigenvalue weighted by Gasteiger charge is 2.24. The van der Waals surface area contributed by atoms with Crippen LogP contribution in [0.5, 0.6) is 0 Å². The van der Waals surface area contributed by atoms with Crippen LogP contribution in [0.3, 0.4) is 0 Å². The summed E-state index contributed by atoms with van der Waals surface area (Å²) in [6, 6.07) is 14.3. The minimum atomic E-state index is -0.296. The molecule has 2 aromatic carbocycles. The number of carbonyl (C=O) groups excluding carboxylic acids is 2. The molecule has 1 N–H and O–H groups in total. The van der Waals surface area contributed by atoms with Crippen LogP contribution >= 0.6 is 34.5 Å². The number of carbonyl (C=O) groups is 2. The van der Waals surface area contributed by atoms with Gasteiger partial charge in [-0.25, -0.2) is 4.98 Å². The average Bonchev–Trinajstić information content (AvgIpc) is 3.22. The van der Waals surface area contributed by atoms with Gasteiger partial charge in [0.05, 0.1) is 0 Å². The standard InChI is InChI=1S/C21H18Cl2N4O2S/c22-15-6-4-14(5-7-15)19(28)25-21-24-18(13-30-21)20(29)27-10-8-26(9-11-27)17-3-1-2-16(23)12-17/h1-7,12-13H,8-11H2,(H,24,25,28). The van der Waals surface area contributed by atoms with Gasteiger partial charge in [0.2, 0.25) is 0 Å². The van der Waals surface area contributed by atoms with Gasteiger partial charge < -0.3 is 9.80 Å². The lowest BCUT2D eigenvalue weighted by atomic mass is 10.2. The minimum Gasteiger partial charge on any atom is -0.368 e. The number of rotatable bonds is 4. The van der Waals surface area contributed by atoms with Crippen molar-refractivity contribution in [2.24, 2.45) is 0 Å². The Morgan fingerprint density at radius 3 is 2.40 bits per heavy atom. The summed E-state index contributed by atoms with van der Waals surface area (Å²) < 4.78 is 0. The summed E-state index contributed by atoms with van der Waals surface area (Å²) in [5.41, 5.74) is 1.86. The maximum absolute atomic E-state index is 12.8. The first kappa shape index (κ1) is 20.7. The number of aromatic nitrogens is 1. The van der Waals surface area contributed by atoms with Gasteiger partial charge in [-0.2, -0.15) is 0 Å². The van der Waals surface area contributed by atoms with Gasteiger partial charge in [-0.15, -0.1) is 11.3 Å². The van der Waals surface area contributed by atoms with Crippen LogP contribution in [0.4, 0.5) is 10.8 Å². The minimum absolute atomic E-state index is 0.135. The summed E-state index contributed by atoms with van der Waals surface area (Å²) in [6.45, 7) is 2.62. The molecule has 0 atom stereocenters. The van der Waals surface area contributed by atoms with Crippen molar-refractivity contribution < 1.29 is 9.59 Å². The Kier molecular flexibility index (Phi) is 6.22. The number of piperazine rings is 1. The van der Waals surface area contributed by atoms with Gasteiger partial charge in [0.25, 0.3) is 11.8 Å². The van der Waals surface area contributed by atoms with E-state index in [0.29, 0.717) is 39.5 Å². The third kappa shape index (κ3) is 4.75. The first-order chi connectivity index (χ1) is 14.5. The lowest BCUT2D eigenvalue weighted by Crippen LogP contribution is -2.48. The Labute approximate surface area is 188 Å². The van der Waals surface area contributed by atoms with Crippen molar-refractivity contribution in [2.75, 3.05) is 36.4 Å². The van der Waals surface area contributed by atoms with Gasteiger partial charge in [0, 0.05) is 52.9 Å². The van der Waals surface area contributed by atoms with Gasteiger partial charge in [0.1, 0.15) is 5.69 Å². The van der Waals surface area contributed by atoms with E-state index in [9.17, 15) is 9.59 Å². The summed E-state index contributed by atoms with van der Waals surface area (Å²) in [5, 5.41) is 6.03. The first-order valence-electron chi connectivity index (χ1n) is 9.32. The van der Waals surface area contributed by atoms with E-state index in [1.165, 1.54) is 11.3 Å². The van der Waals surface area contributed by atoms with E-state index >= 15 is 0 Å². The molecule has 1 saturated heterocycles. The van der Waals surface area contributed by atoms with Crippen LogP contribution in [0.2, 0.25) is 10.0 Å². The number of hydrogen-bond acceptors (Lipinski definition) is 5. The predicted molar refractivity (Wildman–Crippen MR) is 121 cm³/mol. The third-order valence-electron chi connectivity index (χ3n) is 4.79. The Balaban J connectivity index is 1.35. The molecule has 154 valence electrons. The predicted octanol–water partition coefficient (Wildman–Crippen LogP) is 4.66. The van der Waals surface area contributed by atoms with E-state index < -0.39 is 0 Å². The molecular weight excluding hydrogens is 443 g/mol. The quantitative estimate of drug-likeness (QED) is 0.614. The monoisotopic (exact) mass is 460 g/mol. The second-order valence-corrected chi connectivity index (χ2v) is 8.49. The summed E-state index contributed by atoms with van der Waals surface area (Å²) in [7, 11) is 0. The molecule has 2 amide bonds. The Morgan fingerprint density at radius 2 is 1.70 bits per heavy atom. The number of hydrogen-bond donors (Lipinski definition) is 1. The van der Waals surface area contributed by atoms with Crippen molar-refractivity contribution in [3.8, 4) is 0 Å². The van der Waals surface area contributed by atoms with Crippen molar-refractivity contribution in [3.05, 3.63) is 75.2 Å². The average molecular weight is 461 g/mol. The molecule has 0 radical (unpaired) electrons. The Morgan fingerprint density at radius 1 is 0.967 bits per heavy atom. The zero-order chi connectivity index (χ0) is 21.1. The number of halogens is 2. The van der Waals surface area contributed by atoms with Gasteiger partial charge in [-0.05, 0) is 42.5 Å². The number of nitrogens with zero attached hydrogens (tertiary/aromatic N) is 3. The van der Waals surface area contributed by atoms with Crippen LogP contribution in [0, 0.1) is 0 Å². The van der Waals surface area contributed by atoms with E-state index in [-0.39, 0.29) is 11.8 Å². The summed E-state index contributed by atoms with van der Waals surface area (Å²) >= 11 is 13.1. The molecule has 6 nitrogen and oxygen atoms in total. The van der Waals surface area contributed by atoms with E-state index in [1.807, 2.05) is 24.3 Å². The molecule has 0 spiro atoms. The second-order valence-electron chi connectivity index (χ2n) is 6.76. The number of benzene rings is 2. The summed E-state index contributed by atoms with van der Waals surface area (Å²) in [6.07, 6.45) is 0. The Bertz CT molecular complexity index is 1060. The highest BCUT2D eigenvalue weighted by Crippen LogP contribution is 2.22. The molecule has 1 fully saturated rings. The zero-order valence-corrected chi connectivity index (χ0v) is 18.2. The van der Waals surface area contributed by atoms with Gasteiger partial charge >= 0.3 is 0 Å². The van der Waals surface area contributed by atoms with E-state index in [4.69, 9.17) is 23.2 Å². The highest BCUT2D eigenvalue weighted by molar-refractivity contribution is 7.14. The SMILES string of the molecule is O=C(Nc1nc(C(=O)N2CCN(c3cccc(Cl)c3)CC2)cs1)c1ccc(Cl)cc1. The molecule has 1 aromatic heterocycles. The van der Waals surface area contributed by atoms with Crippen LogP contribution in [0.15, 0.2) is 53.9 Å². The number of amides is 2. The second kappa shape index (κ2) is 9.04. The highest BCUT2D eigenvalue weighted by atomic mass is 35.5. The van der Waals surface area contributed by atoms with Crippen molar-refractivity contribution in [3.63, 3.8) is 0 Å². The van der Waals surface area contributed by atoms with Crippen LogP contribution in [0.25, 0.3) is 0 Å². The smallest absolute Gasteiger partial charge is 0.273 e. The number of nitrogens with one attached hydrogen (secondary N) is 1. The molecular formula is C21H18Cl2N4O2S. The first-order valence-corrected chi connectivity index (χ1v) is 11.0. The zero-order valence-electron chi connectivity index (χ0n) is 15.8. The summed E-state index contributed by atoms with van der Waals surface area (Å²) in [4.78, 5) is 33.4. The molecule has 4 rings (SSSR count). The largest absolute Gasteiger partial charge is 0.368 e. The molecule has 2 heterocycles. The maximum Gasteiger partial charge on any atom is 0.273 e. The lowest BCUT2D eigenvalue weighted by molar-refractivity contribution is 0.0741. The van der Waals surface area contributed by atoms with Gasteiger partial charge in [-0.3, -0.25) is 14.9 Å².